The van der Waals surface area contributed by atoms with Gasteiger partial charge in [-0.25, -0.2) is 9.97 Å². The van der Waals surface area contributed by atoms with Crippen molar-refractivity contribution < 1.29 is 13.2 Å². The van der Waals surface area contributed by atoms with Crippen molar-refractivity contribution in [3.8, 4) is 0 Å². The first kappa shape index (κ1) is 18.2. The van der Waals surface area contributed by atoms with Crippen LogP contribution in [0.2, 0.25) is 0 Å². The second-order valence-corrected chi connectivity index (χ2v) is 9.40. The molecular formula is C22H19F3N4S. The number of nitrogens with zero attached hydrogens (tertiary/aromatic N) is 3. The number of alkyl halides is 3. The Kier molecular flexibility index (Phi) is 3.90. The van der Waals surface area contributed by atoms with E-state index in [1.54, 1.807) is 11.3 Å². The van der Waals surface area contributed by atoms with E-state index in [4.69, 9.17) is 4.98 Å². The molecule has 3 aliphatic rings. The number of aromatic nitrogens is 2. The van der Waals surface area contributed by atoms with Gasteiger partial charge in [0.15, 0.2) is 5.13 Å². The highest BCUT2D eigenvalue weighted by molar-refractivity contribution is 7.22. The lowest BCUT2D eigenvalue weighted by Gasteiger charge is -2.17. The maximum Gasteiger partial charge on any atom is 0.433 e. The number of hydrogen-bond acceptors (Lipinski definition) is 5. The second-order valence-electron chi connectivity index (χ2n) is 8.39. The molecule has 8 heteroatoms. The SMILES string of the molecule is FC(F)(F)c1cccc(Nc2ccc3nc(N4CC5C6C=CC(C6)C5C4)sc3c2)n1. The van der Waals surface area contributed by atoms with Crippen LogP contribution in [0.1, 0.15) is 12.1 Å². The number of hydrogen-bond donors (Lipinski definition) is 1. The summed E-state index contributed by atoms with van der Waals surface area (Å²) in [5.74, 6) is 3.13. The lowest BCUT2D eigenvalue weighted by molar-refractivity contribution is -0.141. The van der Waals surface area contributed by atoms with Crippen molar-refractivity contribution in [3.05, 3.63) is 54.2 Å². The molecule has 1 N–H and O–H groups in total. The molecule has 0 spiro atoms. The predicted molar refractivity (Wildman–Crippen MR) is 112 cm³/mol. The Bertz CT molecular complexity index is 1130. The Morgan fingerprint density at radius 1 is 1.00 bits per heavy atom. The highest BCUT2D eigenvalue weighted by Gasteiger charge is 2.49. The zero-order valence-electron chi connectivity index (χ0n) is 15.9. The number of halogens is 3. The lowest BCUT2D eigenvalue weighted by Crippen LogP contribution is -2.21. The highest BCUT2D eigenvalue weighted by atomic mass is 32.1. The van der Waals surface area contributed by atoms with E-state index >= 15 is 0 Å². The van der Waals surface area contributed by atoms with Crippen LogP contribution in [0.15, 0.2) is 48.6 Å². The van der Waals surface area contributed by atoms with E-state index in [2.05, 4.69) is 27.4 Å². The van der Waals surface area contributed by atoms with Crippen LogP contribution in [-0.4, -0.2) is 23.1 Å². The molecule has 4 unspecified atom stereocenters. The molecule has 1 saturated heterocycles. The number of nitrogens with one attached hydrogen (secondary N) is 1. The van der Waals surface area contributed by atoms with Crippen molar-refractivity contribution in [2.24, 2.45) is 23.7 Å². The van der Waals surface area contributed by atoms with E-state index < -0.39 is 11.9 Å². The number of allylic oxidation sites excluding steroid dienone is 2. The highest BCUT2D eigenvalue weighted by Crippen LogP contribution is 2.52. The summed E-state index contributed by atoms with van der Waals surface area (Å²) in [6.07, 6.45) is 1.65. The largest absolute Gasteiger partial charge is 0.433 e. The summed E-state index contributed by atoms with van der Waals surface area (Å²) in [6.45, 7) is 2.13. The van der Waals surface area contributed by atoms with E-state index in [-0.39, 0.29) is 5.82 Å². The summed E-state index contributed by atoms with van der Waals surface area (Å²) in [4.78, 5) is 10.9. The van der Waals surface area contributed by atoms with Gasteiger partial charge in [-0.05, 0) is 60.4 Å². The first-order chi connectivity index (χ1) is 14.4. The first-order valence-corrected chi connectivity index (χ1v) is 10.9. The molecule has 2 aromatic heterocycles. The molecular weight excluding hydrogens is 409 g/mol. The molecule has 3 aromatic rings. The van der Waals surface area contributed by atoms with Gasteiger partial charge >= 0.3 is 6.18 Å². The van der Waals surface area contributed by atoms with Crippen molar-refractivity contribution in [2.75, 3.05) is 23.3 Å². The van der Waals surface area contributed by atoms with Gasteiger partial charge in [-0.1, -0.05) is 29.6 Å². The molecule has 4 atom stereocenters. The number of rotatable bonds is 3. The molecule has 2 bridgehead atoms. The number of thiazole rings is 1. The van der Waals surface area contributed by atoms with E-state index in [0.29, 0.717) is 5.69 Å². The van der Waals surface area contributed by atoms with Crippen LogP contribution in [0, 0.1) is 23.7 Å². The molecule has 0 amide bonds. The fourth-order valence-electron chi connectivity index (χ4n) is 5.24. The summed E-state index contributed by atoms with van der Waals surface area (Å²) in [7, 11) is 0. The summed E-state index contributed by atoms with van der Waals surface area (Å²) in [6, 6.07) is 9.53. The Hall–Kier alpha value is -2.61. The third-order valence-electron chi connectivity index (χ3n) is 6.62. The lowest BCUT2D eigenvalue weighted by atomic mass is 9.86. The van der Waals surface area contributed by atoms with Crippen molar-refractivity contribution in [2.45, 2.75) is 12.6 Å². The Labute approximate surface area is 175 Å². The Morgan fingerprint density at radius 3 is 2.50 bits per heavy atom. The van der Waals surface area contributed by atoms with Crippen LogP contribution < -0.4 is 10.2 Å². The molecule has 6 rings (SSSR count). The van der Waals surface area contributed by atoms with Crippen LogP contribution in [0.5, 0.6) is 0 Å². The molecule has 4 nitrogen and oxygen atoms in total. The van der Waals surface area contributed by atoms with Gasteiger partial charge < -0.3 is 10.2 Å². The third kappa shape index (κ3) is 2.96. The van der Waals surface area contributed by atoms with Crippen LogP contribution in [0.4, 0.5) is 29.8 Å². The van der Waals surface area contributed by atoms with Crippen molar-refractivity contribution in [1.82, 2.24) is 9.97 Å². The van der Waals surface area contributed by atoms with Gasteiger partial charge in [0.2, 0.25) is 0 Å². The molecule has 2 fully saturated rings. The van der Waals surface area contributed by atoms with Gasteiger partial charge in [0.05, 0.1) is 10.2 Å². The van der Waals surface area contributed by atoms with Gasteiger partial charge in [-0.3, -0.25) is 0 Å². The van der Waals surface area contributed by atoms with Gasteiger partial charge in [0.1, 0.15) is 11.5 Å². The minimum atomic E-state index is -4.46. The van der Waals surface area contributed by atoms with E-state index in [0.717, 1.165) is 58.2 Å². The zero-order valence-corrected chi connectivity index (χ0v) is 16.7. The molecule has 0 radical (unpaired) electrons. The summed E-state index contributed by atoms with van der Waals surface area (Å²) in [5.41, 5.74) is 0.706. The normalized spacial score (nSPS) is 27.2. The van der Waals surface area contributed by atoms with Crippen LogP contribution in [-0.2, 0) is 6.18 Å². The van der Waals surface area contributed by atoms with E-state index in [9.17, 15) is 13.2 Å². The minimum absolute atomic E-state index is 0.171. The second kappa shape index (κ2) is 6.44. The summed E-state index contributed by atoms with van der Waals surface area (Å²) < 4.78 is 39.7. The van der Waals surface area contributed by atoms with Gasteiger partial charge in [0.25, 0.3) is 0 Å². The molecule has 3 heterocycles. The number of anilines is 3. The molecule has 1 aliphatic heterocycles. The van der Waals surface area contributed by atoms with Crippen LogP contribution in [0.25, 0.3) is 10.2 Å². The van der Waals surface area contributed by atoms with Crippen molar-refractivity contribution >= 4 is 38.2 Å². The maximum absolute atomic E-state index is 12.9. The maximum atomic E-state index is 12.9. The topological polar surface area (TPSA) is 41.1 Å². The standard InChI is InChI=1S/C22H19F3N4S/c23-22(24,25)19-2-1-3-20(28-19)26-14-6-7-17-18(9-14)30-21(27-17)29-10-15-12-4-5-13(8-12)16(15)11-29/h1-7,9,12-13,15-16H,8,10-11H2,(H,26,28). The van der Waals surface area contributed by atoms with Crippen molar-refractivity contribution in [1.29, 1.82) is 0 Å². The van der Waals surface area contributed by atoms with E-state index in [1.165, 1.54) is 18.6 Å². The third-order valence-corrected chi connectivity index (χ3v) is 7.70. The fraction of sp³-hybridized carbons (Fsp3) is 0.364. The Balaban J connectivity index is 1.23. The van der Waals surface area contributed by atoms with E-state index in [1.807, 2.05) is 18.2 Å². The summed E-state index contributed by atoms with van der Waals surface area (Å²) >= 11 is 1.64. The number of benzene rings is 1. The molecule has 30 heavy (non-hydrogen) atoms. The first-order valence-electron chi connectivity index (χ1n) is 10.1. The molecule has 1 saturated carbocycles. The van der Waals surface area contributed by atoms with Gasteiger partial charge in [-0.15, -0.1) is 0 Å². The molecule has 154 valence electrons. The average Bonchev–Trinajstić information content (AvgIpc) is 3.47. The fourth-order valence-corrected chi connectivity index (χ4v) is 6.27. The average molecular weight is 428 g/mol. The van der Waals surface area contributed by atoms with Gasteiger partial charge in [0, 0.05) is 18.8 Å². The van der Waals surface area contributed by atoms with Crippen molar-refractivity contribution in [3.63, 3.8) is 0 Å². The number of pyridine rings is 1. The minimum Gasteiger partial charge on any atom is -0.347 e. The molecule has 1 aromatic carbocycles. The smallest absolute Gasteiger partial charge is 0.347 e. The monoisotopic (exact) mass is 428 g/mol. The van der Waals surface area contributed by atoms with Crippen LogP contribution in [0.3, 0.4) is 0 Å². The molecule has 2 aliphatic carbocycles. The zero-order chi connectivity index (χ0) is 20.5. The quantitative estimate of drug-likeness (QED) is 0.543. The Morgan fingerprint density at radius 2 is 1.77 bits per heavy atom. The summed E-state index contributed by atoms with van der Waals surface area (Å²) in [5, 5.41) is 4.02. The van der Waals surface area contributed by atoms with Gasteiger partial charge in [-0.2, -0.15) is 13.2 Å². The number of fused-ring (bicyclic) bond motifs is 6. The van der Waals surface area contributed by atoms with Crippen LogP contribution >= 0.6 is 11.3 Å². The predicted octanol–water partition coefficient (Wildman–Crippen LogP) is 5.71.